The number of carbonyl (C=O) groups is 1. The molecule has 6 heteroatoms. The number of thioether (sulfide) groups is 2. The fraction of sp³-hybridized carbons (Fsp3) is 0.800. The molecule has 90 valence electrons. The zero-order valence-corrected chi connectivity index (χ0v) is 11.4. The van der Waals surface area contributed by atoms with E-state index in [0.717, 1.165) is 11.5 Å². The van der Waals surface area contributed by atoms with E-state index in [4.69, 9.17) is 10.00 Å². The Morgan fingerprint density at radius 2 is 2.12 bits per heavy atom. The summed E-state index contributed by atoms with van der Waals surface area (Å²) in [5.74, 6) is 1.16. The predicted molar refractivity (Wildman–Crippen MR) is 67.4 cm³/mol. The number of nitrogens with zero attached hydrogens (tertiary/aromatic N) is 2. The van der Waals surface area contributed by atoms with E-state index in [2.05, 4.69) is 11.0 Å². The van der Waals surface area contributed by atoms with Crippen molar-refractivity contribution in [2.45, 2.75) is 17.0 Å². The van der Waals surface area contributed by atoms with Gasteiger partial charge in [0.05, 0.1) is 6.61 Å². The lowest BCUT2D eigenvalue weighted by atomic mass is 10.4. The van der Waals surface area contributed by atoms with E-state index in [9.17, 15) is 4.79 Å². The SMILES string of the molecule is CCOC(=O)C1(C#N)SCC(N(C)C)CS1. The average molecular weight is 260 g/mol. The first-order valence-electron chi connectivity index (χ1n) is 5.08. The molecule has 0 atom stereocenters. The molecule has 1 saturated heterocycles. The van der Waals surface area contributed by atoms with Crippen molar-refractivity contribution in [3.63, 3.8) is 0 Å². The van der Waals surface area contributed by atoms with Gasteiger partial charge in [0.1, 0.15) is 6.07 Å². The topological polar surface area (TPSA) is 53.3 Å². The summed E-state index contributed by atoms with van der Waals surface area (Å²) in [5.41, 5.74) is 0. The number of nitriles is 1. The molecule has 1 aliphatic rings. The van der Waals surface area contributed by atoms with Crippen molar-refractivity contribution in [3.05, 3.63) is 0 Å². The van der Waals surface area contributed by atoms with Gasteiger partial charge < -0.3 is 9.64 Å². The van der Waals surface area contributed by atoms with Gasteiger partial charge in [0.2, 0.25) is 4.08 Å². The summed E-state index contributed by atoms with van der Waals surface area (Å²) in [7, 11) is 4.02. The minimum absolute atomic E-state index is 0.320. The Labute approximate surface area is 105 Å². The van der Waals surface area contributed by atoms with Gasteiger partial charge in [-0.2, -0.15) is 5.26 Å². The molecule has 16 heavy (non-hydrogen) atoms. The van der Waals surface area contributed by atoms with Crippen LogP contribution < -0.4 is 0 Å². The van der Waals surface area contributed by atoms with Crippen LogP contribution in [0, 0.1) is 11.3 Å². The van der Waals surface area contributed by atoms with Crippen molar-refractivity contribution >= 4 is 29.5 Å². The Balaban J connectivity index is 2.66. The summed E-state index contributed by atoms with van der Waals surface area (Å²) < 4.78 is 3.90. The molecule has 0 aromatic carbocycles. The van der Waals surface area contributed by atoms with Gasteiger partial charge in [-0.3, -0.25) is 0 Å². The molecule has 0 aromatic rings. The van der Waals surface area contributed by atoms with Gasteiger partial charge in [0.15, 0.2) is 0 Å². The third kappa shape index (κ3) is 2.84. The fourth-order valence-corrected chi connectivity index (χ4v) is 4.33. The first-order chi connectivity index (χ1) is 7.55. The second kappa shape index (κ2) is 5.80. The molecule has 0 bridgehead atoms. The van der Waals surface area contributed by atoms with Crippen molar-refractivity contribution in [2.75, 3.05) is 32.2 Å². The van der Waals surface area contributed by atoms with Gasteiger partial charge in [0.25, 0.3) is 0 Å². The van der Waals surface area contributed by atoms with Crippen LogP contribution in [-0.2, 0) is 9.53 Å². The Morgan fingerprint density at radius 3 is 2.50 bits per heavy atom. The van der Waals surface area contributed by atoms with Gasteiger partial charge in [-0.25, -0.2) is 4.79 Å². The molecular formula is C10H16N2O2S2. The van der Waals surface area contributed by atoms with Crippen molar-refractivity contribution in [1.29, 1.82) is 5.26 Å². The molecular weight excluding hydrogens is 244 g/mol. The summed E-state index contributed by atoms with van der Waals surface area (Å²) in [4.78, 5) is 13.8. The molecule has 0 amide bonds. The van der Waals surface area contributed by atoms with E-state index in [0.29, 0.717) is 12.6 Å². The van der Waals surface area contributed by atoms with Gasteiger partial charge in [-0.05, 0) is 21.0 Å². The van der Waals surface area contributed by atoms with Crippen molar-refractivity contribution in [2.24, 2.45) is 0 Å². The van der Waals surface area contributed by atoms with Crippen LogP contribution >= 0.6 is 23.5 Å². The number of hydrogen-bond donors (Lipinski definition) is 0. The Bertz CT molecular complexity index is 294. The molecule has 0 aromatic heterocycles. The smallest absolute Gasteiger partial charge is 0.347 e. The van der Waals surface area contributed by atoms with E-state index < -0.39 is 10.0 Å². The Kier molecular flexibility index (Phi) is 4.96. The number of hydrogen-bond acceptors (Lipinski definition) is 6. The number of rotatable bonds is 3. The fourth-order valence-electron chi connectivity index (χ4n) is 1.27. The second-order valence-corrected chi connectivity index (χ2v) is 6.42. The third-order valence-corrected chi connectivity index (χ3v) is 5.52. The molecule has 0 radical (unpaired) electrons. The molecule has 1 fully saturated rings. The highest BCUT2D eigenvalue weighted by atomic mass is 32.2. The zero-order valence-electron chi connectivity index (χ0n) is 9.73. The molecule has 1 aliphatic heterocycles. The minimum Gasteiger partial charge on any atom is -0.464 e. The van der Waals surface area contributed by atoms with E-state index in [1.807, 2.05) is 14.1 Å². The monoisotopic (exact) mass is 260 g/mol. The number of carbonyl (C=O) groups excluding carboxylic acids is 1. The van der Waals surface area contributed by atoms with Crippen LogP contribution in [-0.4, -0.2) is 53.2 Å². The molecule has 1 rings (SSSR count). The molecule has 0 saturated carbocycles. The lowest BCUT2D eigenvalue weighted by Gasteiger charge is -2.34. The van der Waals surface area contributed by atoms with Gasteiger partial charge >= 0.3 is 5.97 Å². The van der Waals surface area contributed by atoms with Crippen molar-refractivity contribution in [1.82, 2.24) is 4.90 Å². The van der Waals surface area contributed by atoms with Gasteiger partial charge in [-0.15, -0.1) is 23.5 Å². The van der Waals surface area contributed by atoms with Gasteiger partial charge in [-0.1, -0.05) is 0 Å². The van der Waals surface area contributed by atoms with Crippen molar-refractivity contribution in [3.8, 4) is 6.07 Å². The number of esters is 1. The highest BCUT2D eigenvalue weighted by Gasteiger charge is 2.46. The Hall–Kier alpha value is -0.380. The Morgan fingerprint density at radius 1 is 1.56 bits per heavy atom. The lowest BCUT2D eigenvalue weighted by Crippen LogP contribution is -2.43. The first kappa shape index (κ1) is 13.7. The lowest BCUT2D eigenvalue weighted by molar-refractivity contribution is -0.142. The first-order valence-corrected chi connectivity index (χ1v) is 7.05. The maximum atomic E-state index is 11.7. The second-order valence-electron chi connectivity index (χ2n) is 3.69. The van der Waals surface area contributed by atoms with Crippen LogP contribution in [0.25, 0.3) is 0 Å². The molecule has 4 nitrogen and oxygen atoms in total. The van der Waals surface area contributed by atoms with Crippen LogP contribution in [0.1, 0.15) is 6.92 Å². The highest BCUT2D eigenvalue weighted by molar-refractivity contribution is 8.20. The minimum atomic E-state index is -1.05. The van der Waals surface area contributed by atoms with Gasteiger partial charge in [0, 0.05) is 17.5 Å². The van der Waals surface area contributed by atoms with Crippen LogP contribution in [0.3, 0.4) is 0 Å². The average Bonchev–Trinajstić information content (AvgIpc) is 2.29. The van der Waals surface area contributed by atoms with E-state index in [1.54, 1.807) is 6.92 Å². The normalized spacial score (nSPS) is 29.8. The summed E-state index contributed by atoms with van der Waals surface area (Å²) in [6.45, 7) is 2.07. The molecule has 0 spiro atoms. The van der Waals surface area contributed by atoms with Crippen LogP contribution in [0.5, 0.6) is 0 Å². The summed E-state index contributed by atoms with van der Waals surface area (Å²) in [6, 6.07) is 2.50. The summed E-state index contributed by atoms with van der Waals surface area (Å²) in [5, 5.41) is 9.16. The summed E-state index contributed by atoms with van der Waals surface area (Å²) >= 11 is 2.76. The van der Waals surface area contributed by atoms with E-state index >= 15 is 0 Å². The maximum absolute atomic E-state index is 11.7. The molecule has 0 unspecified atom stereocenters. The molecule has 0 N–H and O–H groups in total. The van der Waals surface area contributed by atoms with Crippen LogP contribution in [0.4, 0.5) is 0 Å². The zero-order chi connectivity index (χ0) is 12.2. The van der Waals surface area contributed by atoms with Crippen LogP contribution in [0.15, 0.2) is 0 Å². The molecule has 0 aliphatic carbocycles. The van der Waals surface area contributed by atoms with E-state index in [-0.39, 0.29) is 0 Å². The standard InChI is InChI=1S/C10H16N2O2S2/c1-4-14-9(13)10(7-11)15-5-8(6-16-10)12(2)3/h8H,4-6H2,1-3H3. The van der Waals surface area contributed by atoms with E-state index in [1.165, 1.54) is 23.5 Å². The third-order valence-electron chi connectivity index (χ3n) is 2.38. The maximum Gasteiger partial charge on any atom is 0.347 e. The number of ether oxygens (including phenoxy) is 1. The highest BCUT2D eigenvalue weighted by Crippen LogP contribution is 2.43. The van der Waals surface area contributed by atoms with Crippen LogP contribution in [0.2, 0.25) is 0 Å². The predicted octanol–water partition coefficient (Wildman–Crippen LogP) is 1.18. The quantitative estimate of drug-likeness (QED) is 0.710. The van der Waals surface area contributed by atoms with Crippen molar-refractivity contribution < 1.29 is 9.53 Å². The molecule has 1 heterocycles. The summed E-state index contributed by atoms with van der Waals surface area (Å²) in [6.07, 6.45) is 0. The largest absolute Gasteiger partial charge is 0.464 e.